The molecule has 0 saturated carbocycles. The van der Waals surface area contributed by atoms with E-state index in [0.29, 0.717) is 28.1 Å². The summed E-state index contributed by atoms with van der Waals surface area (Å²) in [5.41, 5.74) is 10.8. The zero-order valence-electron chi connectivity index (χ0n) is 19.2. The maximum atomic E-state index is 13.8. The Morgan fingerprint density at radius 2 is 1.82 bits per heavy atom. The molecule has 0 aromatic heterocycles. The first-order chi connectivity index (χ1) is 16.2. The van der Waals surface area contributed by atoms with Crippen molar-refractivity contribution in [2.45, 2.75) is 25.8 Å². The Kier molecular flexibility index (Phi) is 6.22. The van der Waals surface area contributed by atoms with E-state index in [9.17, 15) is 14.0 Å². The standard InChI is InChI=1S/C27H26FN3O3/c1-27(2,29)18-7-10-20(11-8-18)30-25(17-6-4-5-16(13-17)14-23(32)34-3)24-21-12-9-19(28)15-22(21)31-26(24)33/h4-13,15,30H,14,29H2,1-3H3,(H,31,33)/b25-24-. The minimum Gasteiger partial charge on any atom is -0.469 e. The quantitative estimate of drug-likeness (QED) is 0.368. The van der Waals surface area contributed by atoms with Crippen molar-refractivity contribution in [2.75, 3.05) is 17.7 Å². The fourth-order valence-corrected chi connectivity index (χ4v) is 3.88. The Morgan fingerprint density at radius 1 is 1.09 bits per heavy atom. The second-order valence-electron chi connectivity index (χ2n) is 8.77. The highest BCUT2D eigenvalue weighted by Crippen LogP contribution is 2.38. The van der Waals surface area contributed by atoms with Crippen LogP contribution in [0, 0.1) is 5.82 Å². The molecule has 0 saturated heterocycles. The van der Waals surface area contributed by atoms with Gasteiger partial charge in [-0.05, 0) is 66.9 Å². The first kappa shape index (κ1) is 23.2. The van der Waals surface area contributed by atoms with Crippen molar-refractivity contribution in [1.29, 1.82) is 0 Å². The first-order valence-electron chi connectivity index (χ1n) is 10.8. The number of carbonyl (C=O) groups is 2. The number of benzene rings is 3. The Hall–Kier alpha value is -3.97. The van der Waals surface area contributed by atoms with Crippen LogP contribution < -0.4 is 16.4 Å². The molecule has 7 heteroatoms. The van der Waals surface area contributed by atoms with Gasteiger partial charge in [0.1, 0.15) is 5.82 Å². The second-order valence-corrected chi connectivity index (χ2v) is 8.77. The molecule has 1 heterocycles. The van der Waals surface area contributed by atoms with Gasteiger partial charge in [0.2, 0.25) is 0 Å². The smallest absolute Gasteiger partial charge is 0.309 e. The Labute approximate surface area is 197 Å². The number of ether oxygens (including phenoxy) is 1. The first-order valence-corrected chi connectivity index (χ1v) is 10.8. The van der Waals surface area contributed by atoms with E-state index >= 15 is 0 Å². The molecule has 3 aromatic rings. The minimum atomic E-state index is -0.490. The van der Waals surface area contributed by atoms with Crippen molar-refractivity contribution in [3.63, 3.8) is 0 Å². The van der Waals surface area contributed by atoms with Gasteiger partial charge in [-0.25, -0.2) is 4.39 Å². The lowest BCUT2D eigenvalue weighted by Crippen LogP contribution is -2.28. The Morgan fingerprint density at radius 3 is 2.50 bits per heavy atom. The van der Waals surface area contributed by atoms with E-state index in [2.05, 4.69) is 10.6 Å². The molecule has 0 aliphatic carbocycles. The second kappa shape index (κ2) is 9.11. The van der Waals surface area contributed by atoms with E-state index in [0.717, 1.165) is 16.8 Å². The fraction of sp³-hybridized carbons (Fsp3) is 0.185. The van der Waals surface area contributed by atoms with Crippen LogP contribution in [0.2, 0.25) is 0 Å². The van der Waals surface area contributed by atoms with E-state index in [-0.39, 0.29) is 18.3 Å². The monoisotopic (exact) mass is 459 g/mol. The number of anilines is 2. The highest BCUT2D eigenvalue weighted by Gasteiger charge is 2.29. The van der Waals surface area contributed by atoms with E-state index in [1.54, 1.807) is 6.07 Å². The van der Waals surface area contributed by atoms with Gasteiger partial charge in [-0.2, -0.15) is 0 Å². The number of amides is 1. The van der Waals surface area contributed by atoms with Crippen molar-refractivity contribution < 1.29 is 18.7 Å². The summed E-state index contributed by atoms with van der Waals surface area (Å²) < 4.78 is 18.6. The molecule has 0 spiro atoms. The molecule has 0 bridgehead atoms. The number of halogens is 1. The van der Waals surface area contributed by atoms with E-state index in [1.165, 1.54) is 19.2 Å². The number of methoxy groups -OCH3 is 1. The number of carbonyl (C=O) groups excluding carboxylic acids is 2. The summed E-state index contributed by atoms with van der Waals surface area (Å²) in [5.74, 6) is -1.14. The zero-order valence-corrected chi connectivity index (χ0v) is 19.2. The van der Waals surface area contributed by atoms with Crippen LogP contribution in [-0.4, -0.2) is 19.0 Å². The predicted octanol–water partition coefficient (Wildman–Crippen LogP) is 4.67. The van der Waals surface area contributed by atoms with E-state index in [1.807, 2.05) is 62.4 Å². The number of nitrogens with one attached hydrogen (secondary N) is 2. The summed E-state index contributed by atoms with van der Waals surface area (Å²) in [4.78, 5) is 24.8. The normalized spacial score (nSPS) is 14.3. The molecule has 4 N–H and O–H groups in total. The molecular weight excluding hydrogens is 433 g/mol. The third kappa shape index (κ3) is 4.84. The van der Waals surface area contributed by atoms with Crippen LogP contribution in [0.1, 0.15) is 36.1 Å². The molecule has 4 rings (SSSR count). The van der Waals surface area contributed by atoms with Crippen LogP contribution in [0.5, 0.6) is 0 Å². The molecule has 3 aromatic carbocycles. The van der Waals surface area contributed by atoms with Gasteiger partial charge in [-0.1, -0.05) is 30.3 Å². The van der Waals surface area contributed by atoms with Crippen LogP contribution in [0.25, 0.3) is 11.3 Å². The van der Waals surface area contributed by atoms with Crippen molar-refractivity contribution >= 4 is 34.5 Å². The molecular formula is C27H26FN3O3. The molecule has 1 aliphatic rings. The van der Waals surface area contributed by atoms with Crippen molar-refractivity contribution in [1.82, 2.24) is 0 Å². The summed E-state index contributed by atoms with van der Waals surface area (Å²) in [6.07, 6.45) is 0.0984. The fourth-order valence-electron chi connectivity index (χ4n) is 3.88. The van der Waals surface area contributed by atoms with Crippen LogP contribution in [0.15, 0.2) is 66.7 Å². The van der Waals surface area contributed by atoms with Gasteiger partial charge >= 0.3 is 5.97 Å². The Bertz CT molecular complexity index is 1290. The van der Waals surface area contributed by atoms with Gasteiger partial charge in [-0.15, -0.1) is 0 Å². The number of nitrogens with two attached hydrogens (primary N) is 1. The van der Waals surface area contributed by atoms with Crippen LogP contribution in [0.3, 0.4) is 0 Å². The molecule has 1 amide bonds. The summed E-state index contributed by atoms with van der Waals surface area (Å²) >= 11 is 0. The average Bonchev–Trinajstić information content (AvgIpc) is 3.11. The lowest BCUT2D eigenvalue weighted by atomic mass is 9.95. The molecule has 174 valence electrons. The lowest BCUT2D eigenvalue weighted by Gasteiger charge is -2.20. The number of esters is 1. The summed E-state index contributed by atoms with van der Waals surface area (Å²) in [6.45, 7) is 3.85. The number of hydrogen-bond acceptors (Lipinski definition) is 5. The highest BCUT2D eigenvalue weighted by molar-refractivity contribution is 6.37. The van der Waals surface area contributed by atoms with Crippen molar-refractivity contribution in [3.8, 4) is 0 Å². The van der Waals surface area contributed by atoms with Gasteiger partial charge in [0.25, 0.3) is 5.91 Å². The average molecular weight is 460 g/mol. The molecule has 34 heavy (non-hydrogen) atoms. The SMILES string of the molecule is COC(=O)Cc1cccc(/C(Nc2ccc(C(C)(C)N)cc2)=C2/C(=O)Nc3cc(F)ccc32)c1. The summed E-state index contributed by atoms with van der Waals surface area (Å²) in [6, 6.07) is 19.1. The van der Waals surface area contributed by atoms with Crippen molar-refractivity contribution in [3.05, 3.63) is 94.8 Å². The number of rotatable bonds is 6. The maximum Gasteiger partial charge on any atom is 0.309 e. The van der Waals surface area contributed by atoms with Crippen LogP contribution >= 0.6 is 0 Å². The lowest BCUT2D eigenvalue weighted by molar-refractivity contribution is -0.139. The van der Waals surface area contributed by atoms with Crippen LogP contribution in [-0.2, 0) is 26.3 Å². The third-order valence-electron chi connectivity index (χ3n) is 5.67. The van der Waals surface area contributed by atoms with Crippen molar-refractivity contribution in [2.24, 2.45) is 5.73 Å². The van der Waals surface area contributed by atoms with Gasteiger partial charge in [-0.3, -0.25) is 9.59 Å². The summed E-state index contributed by atoms with van der Waals surface area (Å²) in [5, 5.41) is 6.11. The number of hydrogen-bond donors (Lipinski definition) is 3. The molecule has 0 atom stereocenters. The topological polar surface area (TPSA) is 93.4 Å². The predicted molar refractivity (Wildman–Crippen MR) is 131 cm³/mol. The number of fused-ring (bicyclic) bond motifs is 1. The molecule has 0 fully saturated rings. The molecule has 0 unspecified atom stereocenters. The molecule has 6 nitrogen and oxygen atoms in total. The van der Waals surface area contributed by atoms with Gasteiger partial charge in [0.05, 0.1) is 30.5 Å². The van der Waals surface area contributed by atoms with Crippen LogP contribution in [0.4, 0.5) is 15.8 Å². The molecule has 1 aliphatic heterocycles. The maximum absolute atomic E-state index is 13.8. The van der Waals surface area contributed by atoms with E-state index in [4.69, 9.17) is 10.5 Å². The van der Waals surface area contributed by atoms with Gasteiger partial charge in [0.15, 0.2) is 0 Å². The van der Waals surface area contributed by atoms with E-state index < -0.39 is 11.4 Å². The van der Waals surface area contributed by atoms with Gasteiger partial charge < -0.3 is 21.1 Å². The van der Waals surface area contributed by atoms with Gasteiger partial charge in [0, 0.05) is 16.8 Å². The Balaban J connectivity index is 1.83. The summed E-state index contributed by atoms with van der Waals surface area (Å²) in [7, 11) is 1.34. The third-order valence-corrected chi connectivity index (χ3v) is 5.67. The highest BCUT2D eigenvalue weighted by atomic mass is 19.1. The zero-order chi connectivity index (χ0) is 24.5. The molecule has 0 radical (unpaired) electrons. The minimum absolute atomic E-state index is 0.0984. The largest absolute Gasteiger partial charge is 0.469 e.